The van der Waals surface area contributed by atoms with E-state index in [0.29, 0.717) is 44.4 Å². The molecule has 0 saturated heterocycles. The second kappa shape index (κ2) is 11.7. The third-order valence-corrected chi connectivity index (χ3v) is 7.11. The van der Waals surface area contributed by atoms with Crippen LogP contribution in [0.25, 0.3) is 10.9 Å². The lowest BCUT2D eigenvalue weighted by atomic mass is 9.88. The van der Waals surface area contributed by atoms with E-state index in [1.54, 1.807) is 36.4 Å². The monoisotopic (exact) mass is 545 g/mol. The molecule has 200 valence electrons. The average Bonchev–Trinajstić information content (AvgIpc) is 2.96. The Morgan fingerprint density at radius 2 is 1.92 bits per heavy atom. The summed E-state index contributed by atoms with van der Waals surface area (Å²) in [6, 6.07) is 17.1. The minimum atomic E-state index is -1.02. The first-order chi connectivity index (χ1) is 18.9. The van der Waals surface area contributed by atoms with E-state index in [9.17, 15) is 14.7 Å². The van der Waals surface area contributed by atoms with Crippen molar-refractivity contribution in [1.29, 1.82) is 0 Å². The van der Waals surface area contributed by atoms with Gasteiger partial charge in [0.25, 0.3) is 5.56 Å². The summed E-state index contributed by atoms with van der Waals surface area (Å²) in [6.07, 6.45) is 6.79. The number of aromatic carboxylic acids is 1. The summed E-state index contributed by atoms with van der Waals surface area (Å²) < 4.78 is 13.0. The largest absolute Gasteiger partial charge is 0.493 e. The highest BCUT2D eigenvalue weighted by atomic mass is 35.5. The zero-order valence-electron chi connectivity index (χ0n) is 21.5. The summed E-state index contributed by atoms with van der Waals surface area (Å²) >= 11 is 6.37. The number of methoxy groups -OCH3 is 1. The van der Waals surface area contributed by atoms with Crippen LogP contribution in [0.15, 0.2) is 70.6 Å². The Morgan fingerprint density at radius 3 is 2.69 bits per heavy atom. The van der Waals surface area contributed by atoms with Gasteiger partial charge in [0.2, 0.25) is 0 Å². The first-order valence-corrected chi connectivity index (χ1v) is 13.2. The number of carboxylic acids is 1. The van der Waals surface area contributed by atoms with Gasteiger partial charge in [-0.3, -0.25) is 4.79 Å². The predicted octanol–water partition coefficient (Wildman–Crippen LogP) is 6.27. The number of carboxylic acid groups (broad SMARTS) is 1. The van der Waals surface area contributed by atoms with Crippen LogP contribution in [0.4, 0.5) is 0 Å². The van der Waals surface area contributed by atoms with Crippen molar-refractivity contribution in [1.82, 2.24) is 9.66 Å². The van der Waals surface area contributed by atoms with Gasteiger partial charge in [0, 0.05) is 22.6 Å². The lowest BCUT2D eigenvalue weighted by Gasteiger charge is -2.22. The van der Waals surface area contributed by atoms with Gasteiger partial charge in [-0.2, -0.15) is 9.78 Å². The van der Waals surface area contributed by atoms with Crippen LogP contribution in [-0.2, 0) is 6.61 Å². The number of fused-ring (bicyclic) bond motifs is 1. The Balaban J connectivity index is 1.55. The van der Waals surface area contributed by atoms with Crippen LogP contribution < -0.4 is 15.0 Å². The fourth-order valence-corrected chi connectivity index (χ4v) is 5.15. The average molecular weight is 546 g/mol. The Hall–Kier alpha value is -4.17. The van der Waals surface area contributed by atoms with Gasteiger partial charge in [-0.05, 0) is 48.7 Å². The summed E-state index contributed by atoms with van der Waals surface area (Å²) in [4.78, 5) is 29.8. The molecule has 8 nitrogen and oxygen atoms in total. The van der Waals surface area contributed by atoms with E-state index in [0.717, 1.165) is 25.7 Å². The number of benzene rings is 3. The van der Waals surface area contributed by atoms with Crippen LogP contribution >= 0.6 is 11.6 Å². The second-order valence-corrected chi connectivity index (χ2v) is 9.94. The summed E-state index contributed by atoms with van der Waals surface area (Å²) in [5.74, 6) is 0.523. The number of aromatic nitrogens is 2. The van der Waals surface area contributed by atoms with E-state index in [2.05, 4.69) is 5.10 Å². The van der Waals surface area contributed by atoms with Crippen molar-refractivity contribution in [3.05, 3.63) is 98.6 Å². The molecule has 1 aliphatic rings. The highest BCUT2D eigenvalue weighted by Gasteiger charge is 2.22. The predicted molar refractivity (Wildman–Crippen MR) is 151 cm³/mol. The zero-order valence-corrected chi connectivity index (χ0v) is 22.2. The van der Waals surface area contributed by atoms with E-state index in [4.69, 9.17) is 26.1 Å². The van der Waals surface area contributed by atoms with Gasteiger partial charge in [0.15, 0.2) is 11.5 Å². The normalized spacial score (nSPS) is 14.1. The SMILES string of the molecule is COc1cc(Cl)cc(C=Nn2c(C3CCCCC3)nc3ccccc3c2=O)c1OCc1cccc(C(=O)O)c1. The van der Waals surface area contributed by atoms with Crippen LogP contribution in [0.5, 0.6) is 11.5 Å². The fourth-order valence-electron chi connectivity index (χ4n) is 4.94. The molecule has 1 aliphatic carbocycles. The molecule has 0 radical (unpaired) electrons. The Labute approximate surface area is 230 Å². The van der Waals surface area contributed by atoms with Crippen LogP contribution in [0.3, 0.4) is 0 Å². The molecule has 1 aromatic heterocycles. The van der Waals surface area contributed by atoms with Crippen molar-refractivity contribution in [2.45, 2.75) is 44.6 Å². The Morgan fingerprint density at radius 1 is 1.13 bits per heavy atom. The molecule has 1 N–H and O–H groups in total. The standard InChI is InChI=1S/C30H28ClN3O5/c1-38-26-16-23(31)15-22(27(26)39-18-19-8-7-11-21(14-19)30(36)37)17-32-34-28(20-9-3-2-4-10-20)33-25-13-6-5-12-24(25)29(34)35/h5-8,11-17,20H,2-4,9-10,18H2,1H3,(H,36,37). The number of hydrogen-bond donors (Lipinski definition) is 1. The Bertz CT molecular complexity index is 1610. The van der Waals surface area contributed by atoms with E-state index < -0.39 is 5.97 Å². The highest BCUT2D eigenvalue weighted by Crippen LogP contribution is 2.35. The molecule has 0 amide bonds. The van der Waals surface area contributed by atoms with Crippen LogP contribution in [0, 0.1) is 0 Å². The molecule has 4 aromatic rings. The number of rotatable bonds is 8. The number of carbonyl (C=O) groups is 1. The second-order valence-electron chi connectivity index (χ2n) is 9.50. The Kier molecular flexibility index (Phi) is 7.93. The van der Waals surface area contributed by atoms with Crippen LogP contribution in [0.1, 0.15) is 65.3 Å². The lowest BCUT2D eigenvalue weighted by Crippen LogP contribution is -2.25. The highest BCUT2D eigenvalue weighted by molar-refractivity contribution is 6.31. The van der Waals surface area contributed by atoms with Gasteiger partial charge in [0.05, 0.1) is 29.8 Å². The number of ether oxygens (including phenoxy) is 2. The molecule has 1 fully saturated rings. The third-order valence-electron chi connectivity index (χ3n) is 6.89. The smallest absolute Gasteiger partial charge is 0.335 e. The van der Waals surface area contributed by atoms with Crippen LogP contribution in [0.2, 0.25) is 5.02 Å². The maximum atomic E-state index is 13.6. The molecule has 0 aliphatic heterocycles. The lowest BCUT2D eigenvalue weighted by molar-refractivity contribution is 0.0696. The van der Waals surface area contributed by atoms with Gasteiger partial charge in [-0.25, -0.2) is 9.78 Å². The van der Waals surface area contributed by atoms with E-state index >= 15 is 0 Å². The number of halogens is 1. The molecule has 39 heavy (non-hydrogen) atoms. The van der Waals surface area contributed by atoms with Gasteiger partial charge in [-0.15, -0.1) is 0 Å². The molecule has 0 atom stereocenters. The first kappa shape index (κ1) is 26.4. The zero-order chi connectivity index (χ0) is 27.4. The summed E-state index contributed by atoms with van der Waals surface area (Å²) in [5.41, 5.74) is 1.76. The maximum absolute atomic E-state index is 13.6. The maximum Gasteiger partial charge on any atom is 0.335 e. The molecule has 5 rings (SSSR count). The molecule has 0 spiro atoms. The van der Waals surface area contributed by atoms with Crippen molar-refractivity contribution in [2.24, 2.45) is 5.10 Å². The summed E-state index contributed by atoms with van der Waals surface area (Å²) in [6.45, 7) is 0.0881. The fraction of sp³-hybridized carbons (Fsp3) is 0.267. The van der Waals surface area contributed by atoms with Crippen molar-refractivity contribution in [3.63, 3.8) is 0 Å². The minimum absolute atomic E-state index is 0.0881. The molecule has 1 heterocycles. The molecule has 0 bridgehead atoms. The number of nitrogens with zero attached hydrogens (tertiary/aromatic N) is 3. The van der Waals surface area contributed by atoms with Gasteiger partial charge in [0.1, 0.15) is 12.4 Å². The van der Waals surface area contributed by atoms with Crippen molar-refractivity contribution in [3.8, 4) is 11.5 Å². The van der Waals surface area contributed by atoms with Crippen LogP contribution in [-0.4, -0.2) is 34.1 Å². The molecule has 3 aromatic carbocycles. The topological polar surface area (TPSA) is 103 Å². The van der Waals surface area contributed by atoms with Crippen molar-refractivity contribution >= 4 is 34.7 Å². The first-order valence-electron chi connectivity index (χ1n) is 12.8. The quantitative estimate of drug-likeness (QED) is 0.262. The number of hydrogen-bond acceptors (Lipinski definition) is 6. The van der Waals surface area contributed by atoms with Gasteiger partial charge < -0.3 is 14.6 Å². The third kappa shape index (κ3) is 5.81. The molecule has 9 heteroatoms. The van der Waals surface area contributed by atoms with E-state index in [1.807, 2.05) is 18.2 Å². The summed E-state index contributed by atoms with van der Waals surface area (Å²) in [7, 11) is 1.50. The van der Waals surface area contributed by atoms with Crippen molar-refractivity contribution in [2.75, 3.05) is 7.11 Å². The molecular weight excluding hydrogens is 518 g/mol. The van der Waals surface area contributed by atoms with E-state index in [1.165, 1.54) is 30.5 Å². The van der Waals surface area contributed by atoms with Gasteiger partial charge in [-0.1, -0.05) is 55.1 Å². The number of para-hydroxylation sites is 1. The van der Waals surface area contributed by atoms with E-state index in [-0.39, 0.29) is 23.6 Å². The molecular formula is C30H28ClN3O5. The van der Waals surface area contributed by atoms with Crippen molar-refractivity contribution < 1.29 is 19.4 Å². The molecule has 1 saturated carbocycles. The molecule has 0 unspecified atom stereocenters. The van der Waals surface area contributed by atoms with Gasteiger partial charge >= 0.3 is 5.97 Å². The summed E-state index contributed by atoms with van der Waals surface area (Å²) in [5, 5.41) is 14.8. The minimum Gasteiger partial charge on any atom is -0.493 e.